The molecule has 0 fully saturated rings. The lowest BCUT2D eigenvalue weighted by molar-refractivity contribution is 0.266. The lowest BCUT2D eigenvalue weighted by atomic mass is 10.1. The Morgan fingerprint density at radius 3 is 2.85 bits per heavy atom. The van der Waals surface area contributed by atoms with Crippen LogP contribution in [0.5, 0.6) is 5.75 Å². The molecule has 0 aliphatic rings. The Labute approximate surface area is 117 Å². The van der Waals surface area contributed by atoms with Gasteiger partial charge in [0.25, 0.3) is 0 Å². The second-order valence-corrected chi connectivity index (χ2v) is 4.55. The smallest absolute Gasteiger partial charge is 0.145 e. The van der Waals surface area contributed by atoms with Crippen molar-refractivity contribution in [2.24, 2.45) is 0 Å². The normalized spacial score (nSPS) is 12.4. The minimum Gasteiger partial charge on any atom is -0.487 e. The van der Waals surface area contributed by atoms with Crippen molar-refractivity contribution >= 4 is 0 Å². The summed E-state index contributed by atoms with van der Waals surface area (Å²) in [6.07, 6.45) is 0. The zero-order valence-corrected chi connectivity index (χ0v) is 11.8. The third kappa shape index (κ3) is 3.33. The molecule has 0 saturated heterocycles. The van der Waals surface area contributed by atoms with Crippen LogP contribution in [0, 0.1) is 12.7 Å². The lowest BCUT2D eigenvalue weighted by Crippen LogP contribution is -2.18. The zero-order chi connectivity index (χ0) is 14.5. The molecule has 1 aromatic carbocycles. The van der Waals surface area contributed by atoms with Crippen LogP contribution in [0.4, 0.5) is 4.39 Å². The molecule has 1 heterocycles. The number of halogens is 1. The van der Waals surface area contributed by atoms with E-state index in [0.717, 1.165) is 12.1 Å². The number of aryl methyl sites for hydroxylation is 1. The predicted molar refractivity (Wildman–Crippen MR) is 71.9 cm³/mol. The Morgan fingerprint density at radius 2 is 2.20 bits per heavy atom. The van der Waals surface area contributed by atoms with Crippen LogP contribution in [0.15, 0.2) is 22.8 Å². The van der Waals surface area contributed by atoms with Crippen molar-refractivity contribution in [3.05, 3.63) is 41.0 Å². The molecule has 1 aromatic heterocycles. The maximum Gasteiger partial charge on any atom is 0.145 e. The van der Waals surface area contributed by atoms with E-state index in [4.69, 9.17) is 4.74 Å². The van der Waals surface area contributed by atoms with E-state index in [1.54, 1.807) is 13.0 Å². The van der Waals surface area contributed by atoms with Gasteiger partial charge in [-0.2, -0.15) is 0 Å². The number of hydrogen-bond acceptors (Lipinski definition) is 5. The molecule has 1 atom stereocenters. The molecule has 108 valence electrons. The fourth-order valence-electron chi connectivity index (χ4n) is 1.93. The third-order valence-electron chi connectivity index (χ3n) is 3.06. The third-order valence-corrected chi connectivity index (χ3v) is 3.06. The average molecular weight is 279 g/mol. The first-order chi connectivity index (χ1) is 9.61. The van der Waals surface area contributed by atoms with Crippen LogP contribution in [0.25, 0.3) is 0 Å². The Morgan fingerprint density at radius 1 is 1.40 bits per heavy atom. The van der Waals surface area contributed by atoms with Gasteiger partial charge in [-0.25, -0.2) is 9.02 Å². The minimum absolute atomic E-state index is 0.0760. The number of aromatic nitrogens is 2. The maximum atomic E-state index is 13.4. The van der Waals surface area contributed by atoms with Gasteiger partial charge in [-0.15, -0.1) is 0 Å². The molecule has 1 N–H and O–H groups in total. The van der Waals surface area contributed by atoms with E-state index in [1.807, 2.05) is 13.8 Å². The van der Waals surface area contributed by atoms with E-state index in [9.17, 15) is 4.39 Å². The van der Waals surface area contributed by atoms with Crippen LogP contribution in [0.1, 0.15) is 36.8 Å². The standard InChI is InChI=1S/C14H18FN3O2/c1-4-16-9(2)12-6-5-11(15)7-14(12)19-8-13-10(3)17-20-18-13/h5-7,9,16H,4,8H2,1-3H3. The number of nitrogens with one attached hydrogen (secondary N) is 1. The predicted octanol–water partition coefficient (Wildman–Crippen LogP) is 2.77. The van der Waals surface area contributed by atoms with Crippen molar-refractivity contribution < 1.29 is 13.8 Å². The fourth-order valence-corrected chi connectivity index (χ4v) is 1.93. The highest BCUT2D eigenvalue weighted by molar-refractivity contribution is 5.36. The van der Waals surface area contributed by atoms with Crippen LogP contribution < -0.4 is 10.1 Å². The highest BCUT2D eigenvalue weighted by Gasteiger charge is 2.13. The van der Waals surface area contributed by atoms with E-state index in [0.29, 0.717) is 17.1 Å². The maximum absolute atomic E-state index is 13.4. The zero-order valence-electron chi connectivity index (χ0n) is 11.8. The topological polar surface area (TPSA) is 60.2 Å². The number of nitrogens with zero attached hydrogens (tertiary/aromatic N) is 2. The molecule has 0 amide bonds. The lowest BCUT2D eigenvalue weighted by Gasteiger charge is -2.17. The van der Waals surface area contributed by atoms with Crippen LogP contribution in [0.2, 0.25) is 0 Å². The summed E-state index contributed by atoms with van der Waals surface area (Å²) in [6.45, 7) is 6.83. The second kappa shape index (κ2) is 6.47. The van der Waals surface area contributed by atoms with Crippen LogP contribution in [0.3, 0.4) is 0 Å². The summed E-state index contributed by atoms with van der Waals surface area (Å²) in [5.74, 6) is 0.170. The molecule has 0 aliphatic heterocycles. The summed E-state index contributed by atoms with van der Waals surface area (Å²) in [5, 5.41) is 10.7. The average Bonchev–Trinajstić information content (AvgIpc) is 2.82. The monoisotopic (exact) mass is 279 g/mol. The molecule has 0 aliphatic carbocycles. The molecule has 1 unspecified atom stereocenters. The van der Waals surface area contributed by atoms with Gasteiger partial charge in [0, 0.05) is 17.7 Å². The van der Waals surface area contributed by atoms with Gasteiger partial charge in [-0.1, -0.05) is 23.3 Å². The van der Waals surface area contributed by atoms with Gasteiger partial charge in [-0.3, -0.25) is 0 Å². The minimum atomic E-state index is -0.331. The van der Waals surface area contributed by atoms with E-state index in [1.165, 1.54) is 12.1 Å². The highest BCUT2D eigenvalue weighted by atomic mass is 19.1. The van der Waals surface area contributed by atoms with E-state index >= 15 is 0 Å². The first-order valence-corrected chi connectivity index (χ1v) is 6.55. The van der Waals surface area contributed by atoms with Crippen molar-refractivity contribution in [3.8, 4) is 5.75 Å². The highest BCUT2D eigenvalue weighted by Crippen LogP contribution is 2.27. The van der Waals surface area contributed by atoms with Crippen molar-refractivity contribution in [3.63, 3.8) is 0 Å². The summed E-state index contributed by atoms with van der Waals surface area (Å²) in [5.41, 5.74) is 2.18. The molecule has 20 heavy (non-hydrogen) atoms. The molecule has 0 bridgehead atoms. The van der Waals surface area contributed by atoms with Gasteiger partial charge in [0.2, 0.25) is 0 Å². The Balaban J connectivity index is 2.17. The molecular weight excluding hydrogens is 261 g/mol. The van der Waals surface area contributed by atoms with E-state index < -0.39 is 0 Å². The van der Waals surface area contributed by atoms with Crippen LogP contribution in [-0.4, -0.2) is 16.9 Å². The van der Waals surface area contributed by atoms with Gasteiger partial charge in [-0.05, 0) is 26.5 Å². The molecule has 5 nitrogen and oxygen atoms in total. The Kier molecular flexibility index (Phi) is 4.68. The molecule has 0 saturated carbocycles. The molecule has 0 spiro atoms. The van der Waals surface area contributed by atoms with Crippen molar-refractivity contribution in [2.75, 3.05) is 6.54 Å². The van der Waals surface area contributed by atoms with Gasteiger partial charge in [0.1, 0.15) is 29.6 Å². The summed E-state index contributed by atoms with van der Waals surface area (Å²) >= 11 is 0. The van der Waals surface area contributed by atoms with Gasteiger partial charge in [0.05, 0.1) is 0 Å². The molecule has 2 rings (SSSR count). The van der Waals surface area contributed by atoms with Crippen molar-refractivity contribution in [1.82, 2.24) is 15.6 Å². The summed E-state index contributed by atoms with van der Waals surface area (Å²) in [6, 6.07) is 4.61. The molecule has 2 aromatic rings. The Bertz CT molecular complexity index is 571. The number of ether oxygens (including phenoxy) is 1. The van der Waals surface area contributed by atoms with E-state index in [-0.39, 0.29) is 18.5 Å². The summed E-state index contributed by atoms with van der Waals surface area (Å²) in [7, 11) is 0. The van der Waals surface area contributed by atoms with Crippen LogP contribution in [-0.2, 0) is 6.61 Å². The first-order valence-electron chi connectivity index (χ1n) is 6.55. The number of rotatable bonds is 6. The summed E-state index contributed by atoms with van der Waals surface area (Å²) < 4.78 is 23.7. The number of benzene rings is 1. The van der Waals surface area contributed by atoms with Crippen molar-refractivity contribution in [2.45, 2.75) is 33.4 Å². The SMILES string of the molecule is CCNC(C)c1ccc(F)cc1OCc1nonc1C. The van der Waals surface area contributed by atoms with Gasteiger partial charge in [0.15, 0.2) is 0 Å². The van der Waals surface area contributed by atoms with E-state index in [2.05, 4.69) is 20.3 Å². The van der Waals surface area contributed by atoms with Gasteiger partial charge >= 0.3 is 0 Å². The quantitative estimate of drug-likeness (QED) is 0.881. The van der Waals surface area contributed by atoms with Crippen LogP contribution >= 0.6 is 0 Å². The molecule has 6 heteroatoms. The number of hydrogen-bond donors (Lipinski definition) is 1. The summed E-state index contributed by atoms with van der Waals surface area (Å²) in [4.78, 5) is 0. The van der Waals surface area contributed by atoms with Crippen molar-refractivity contribution in [1.29, 1.82) is 0 Å². The first kappa shape index (κ1) is 14.5. The largest absolute Gasteiger partial charge is 0.487 e. The van der Waals surface area contributed by atoms with Gasteiger partial charge < -0.3 is 10.1 Å². The Hall–Kier alpha value is -1.95. The molecular formula is C14H18FN3O2. The second-order valence-electron chi connectivity index (χ2n) is 4.55. The fraction of sp³-hybridized carbons (Fsp3) is 0.429. The molecule has 0 radical (unpaired) electrons.